The van der Waals surface area contributed by atoms with Crippen molar-refractivity contribution in [2.45, 2.75) is 84.1 Å². The van der Waals surface area contributed by atoms with Crippen LogP contribution in [0, 0.1) is 11.6 Å². The van der Waals surface area contributed by atoms with Crippen LogP contribution in [0.25, 0.3) is 0 Å². The average Bonchev–Trinajstić information content (AvgIpc) is 3.31. The fourth-order valence-corrected chi connectivity index (χ4v) is 9.37. The summed E-state index contributed by atoms with van der Waals surface area (Å²) >= 11 is 3.37. The third kappa shape index (κ3) is 7.20. The van der Waals surface area contributed by atoms with Crippen molar-refractivity contribution in [1.29, 1.82) is 0 Å². The Morgan fingerprint density at radius 2 is 1.21 bits per heavy atom. The lowest BCUT2D eigenvalue weighted by Crippen LogP contribution is -2.48. The van der Waals surface area contributed by atoms with Gasteiger partial charge >= 0.3 is 0 Å². The molecule has 0 unspecified atom stereocenters. The smallest absolute Gasteiger partial charge is 0.124 e. The maximum absolute atomic E-state index is 14.3. The quantitative estimate of drug-likeness (QED) is 0.194. The molecule has 3 heterocycles. The molecule has 246 valence electrons. The van der Waals surface area contributed by atoms with E-state index in [0.717, 1.165) is 65.8 Å². The second kappa shape index (κ2) is 14.0. The monoisotopic (exact) mass is 670 g/mol. The van der Waals surface area contributed by atoms with Crippen LogP contribution in [-0.4, -0.2) is 49.1 Å². The Morgan fingerprint density at radius 1 is 0.660 bits per heavy atom. The van der Waals surface area contributed by atoms with Gasteiger partial charge in [-0.05, 0) is 88.0 Å². The summed E-state index contributed by atoms with van der Waals surface area (Å²) in [6, 6.07) is 24.3. The van der Waals surface area contributed by atoms with E-state index in [2.05, 4.69) is 73.9 Å². The molecule has 4 aromatic rings. The van der Waals surface area contributed by atoms with Gasteiger partial charge in [-0.2, -0.15) is 0 Å². The van der Waals surface area contributed by atoms with Crippen molar-refractivity contribution in [3.8, 4) is 0 Å². The molecule has 0 spiro atoms. The van der Waals surface area contributed by atoms with Crippen LogP contribution in [0.2, 0.25) is 0 Å². The highest BCUT2D eigenvalue weighted by atomic mass is 32.2. The number of hydrogen-bond acceptors (Lipinski definition) is 5. The first kappa shape index (κ1) is 32.8. The number of benzene rings is 4. The number of piperazine rings is 1. The molecule has 0 bridgehead atoms. The number of ether oxygens (including phenoxy) is 1. The molecule has 0 aromatic heterocycles. The molecule has 1 saturated heterocycles. The van der Waals surface area contributed by atoms with Crippen molar-refractivity contribution >= 4 is 23.5 Å². The molecule has 7 heteroatoms. The predicted octanol–water partition coefficient (Wildman–Crippen LogP) is 10.0. The fraction of sp³-hybridized carbons (Fsp3) is 0.400. The zero-order valence-corrected chi connectivity index (χ0v) is 29.4. The normalized spacial score (nSPS) is 19.9. The van der Waals surface area contributed by atoms with Crippen LogP contribution in [-0.2, 0) is 17.6 Å². The van der Waals surface area contributed by atoms with Crippen LogP contribution in [0.1, 0.15) is 85.1 Å². The predicted molar refractivity (Wildman–Crippen MR) is 189 cm³/mol. The van der Waals surface area contributed by atoms with Gasteiger partial charge in [0.1, 0.15) is 11.6 Å². The first-order valence-electron chi connectivity index (χ1n) is 17.0. The fourth-order valence-electron chi connectivity index (χ4n) is 7.10. The van der Waals surface area contributed by atoms with E-state index >= 15 is 0 Å². The molecule has 2 atom stereocenters. The highest BCUT2D eigenvalue weighted by Gasteiger charge is 2.31. The molecular weight excluding hydrogens is 627 g/mol. The average molecular weight is 671 g/mol. The van der Waals surface area contributed by atoms with Gasteiger partial charge in [0.2, 0.25) is 0 Å². The lowest BCUT2D eigenvalue weighted by Gasteiger charge is -2.40. The number of fused-ring (bicyclic) bond motifs is 4. The molecule has 3 aliphatic heterocycles. The number of halogens is 2. The molecule has 3 aliphatic rings. The molecule has 7 rings (SSSR count). The van der Waals surface area contributed by atoms with Crippen LogP contribution in [0.15, 0.2) is 92.4 Å². The third-order valence-corrected chi connectivity index (χ3v) is 12.4. The summed E-state index contributed by atoms with van der Waals surface area (Å²) in [5.74, 6) is 0.516. The van der Waals surface area contributed by atoms with Gasteiger partial charge < -0.3 is 4.74 Å². The lowest BCUT2D eigenvalue weighted by molar-refractivity contribution is 0.0204. The van der Waals surface area contributed by atoms with E-state index in [1.54, 1.807) is 47.8 Å². The lowest BCUT2D eigenvalue weighted by atomic mass is 9.93. The van der Waals surface area contributed by atoms with E-state index in [0.29, 0.717) is 18.4 Å². The molecule has 0 saturated carbocycles. The van der Waals surface area contributed by atoms with Crippen molar-refractivity contribution in [3.63, 3.8) is 0 Å². The van der Waals surface area contributed by atoms with Crippen molar-refractivity contribution in [2.24, 2.45) is 0 Å². The Bertz CT molecular complexity index is 1750. The van der Waals surface area contributed by atoms with Crippen molar-refractivity contribution in [1.82, 2.24) is 9.80 Å². The molecule has 47 heavy (non-hydrogen) atoms. The van der Waals surface area contributed by atoms with Gasteiger partial charge in [-0.15, -0.1) is 0 Å². The molecule has 0 N–H and O–H groups in total. The summed E-state index contributed by atoms with van der Waals surface area (Å²) in [4.78, 5) is 9.58. The Balaban J connectivity index is 1.04. The van der Waals surface area contributed by atoms with Gasteiger partial charge in [0.15, 0.2) is 0 Å². The van der Waals surface area contributed by atoms with Crippen LogP contribution in [0.4, 0.5) is 8.78 Å². The zero-order chi connectivity index (χ0) is 32.7. The third-order valence-electron chi connectivity index (χ3n) is 10.00. The topological polar surface area (TPSA) is 15.7 Å². The summed E-state index contributed by atoms with van der Waals surface area (Å²) in [7, 11) is 0. The van der Waals surface area contributed by atoms with Crippen molar-refractivity contribution < 1.29 is 13.5 Å². The van der Waals surface area contributed by atoms with E-state index in [-0.39, 0.29) is 23.8 Å². The number of hydrogen-bond donors (Lipinski definition) is 0. The summed E-state index contributed by atoms with van der Waals surface area (Å²) < 4.78 is 35.1. The molecule has 0 radical (unpaired) electrons. The van der Waals surface area contributed by atoms with E-state index in [4.69, 9.17) is 4.74 Å². The van der Waals surface area contributed by atoms with Crippen molar-refractivity contribution in [3.05, 3.63) is 118 Å². The van der Waals surface area contributed by atoms with Gasteiger partial charge in [-0.25, -0.2) is 8.78 Å². The van der Waals surface area contributed by atoms with E-state index in [1.165, 1.54) is 32.7 Å². The first-order chi connectivity index (χ1) is 22.7. The highest BCUT2D eigenvalue weighted by molar-refractivity contribution is 7.99. The van der Waals surface area contributed by atoms with E-state index in [1.807, 2.05) is 12.1 Å². The van der Waals surface area contributed by atoms with Gasteiger partial charge in [-0.3, -0.25) is 9.80 Å². The minimum Gasteiger partial charge on any atom is -0.372 e. The Labute approximate surface area is 287 Å². The SMILES string of the molecule is CC(C)c1ccc2c(c1)[C@@H](OCCN1CCN([C@H]3Cc4ccc(F)cc4Sc4ccc(C(C)C)cc43)CC1)Cc1ccc(F)cc1S2. The summed E-state index contributed by atoms with van der Waals surface area (Å²) in [6.07, 6.45) is 1.57. The van der Waals surface area contributed by atoms with Crippen LogP contribution < -0.4 is 0 Å². The molecule has 4 aromatic carbocycles. The van der Waals surface area contributed by atoms with E-state index in [9.17, 15) is 8.78 Å². The number of nitrogens with zero attached hydrogens (tertiary/aromatic N) is 2. The zero-order valence-electron chi connectivity index (χ0n) is 27.8. The van der Waals surface area contributed by atoms with Crippen LogP contribution in [0.3, 0.4) is 0 Å². The van der Waals surface area contributed by atoms with Crippen LogP contribution >= 0.6 is 23.5 Å². The second-order valence-corrected chi connectivity index (χ2v) is 15.9. The Morgan fingerprint density at radius 3 is 1.81 bits per heavy atom. The minimum atomic E-state index is -0.195. The summed E-state index contributed by atoms with van der Waals surface area (Å²) in [5, 5.41) is 0. The Hall–Kier alpha value is -2.68. The molecule has 3 nitrogen and oxygen atoms in total. The Kier molecular flexibility index (Phi) is 9.82. The highest BCUT2D eigenvalue weighted by Crippen LogP contribution is 2.45. The maximum atomic E-state index is 14.3. The molecule has 0 aliphatic carbocycles. The summed E-state index contributed by atoms with van der Waals surface area (Å²) in [6.45, 7) is 14.4. The van der Waals surface area contributed by atoms with Gasteiger partial charge in [0.25, 0.3) is 0 Å². The molecule has 0 amide bonds. The minimum absolute atomic E-state index is 0.0655. The van der Waals surface area contributed by atoms with Crippen molar-refractivity contribution in [2.75, 3.05) is 39.3 Å². The summed E-state index contributed by atoms with van der Waals surface area (Å²) in [5.41, 5.74) is 7.62. The van der Waals surface area contributed by atoms with Crippen LogP contribution in [0.5, 0.6) is 0 Å². The number of rotatable bonds is 7. The van der Waals surface area contributed by atoms with Gasteiger partial charge in [0.05, 0.1) is 12.7 Å². The molecular formula is C40H44F2N2OS2. The standard InChI is InChI=1S/C40H44F2N2OS2/c1-25(2)27-7-11-37-33(19-27)35(21-29-5-9-31(41)23-39(29)46-37)44-15-13-43(14-16-44)17-18-45-36-22-30-6-10-32(42)24-40(30)47-38-12-8-28(26(3)4)20-34(36)38/h5-12,19-20,23-26,35-36H,13-18,21-22H2,1-4H3/t35-,36-/m0/s1. The van der Waals surface area contributed by atoms with Gasteiger partial charge in [-0.1, -0.05) is 87.6 Å². The largest absolute Gasteiger partial charge is 0.372 e. The molecule has 1 fully saturated rings. The first-order valence-corrected chi connectivity index (χ1v) is 18.6. The van der Waals surface area contributed by atoms with E-state index < -0.39 is 0 Å². The second-order valence-electron chi connectivity index (χ2n) is 13.8. The maximum Gasteiger partial charge on any atom is 0.124 e. The van der Waals surface area contributed by atoms with Gasteiger partial charge in [0, 0.05) is 64.8 Å².